The van der Waals surface area contributed by atoms with Gasteiger partial charge < -0.3 is 15.1 Å². The topological polar surface area (TPSA) is 61.4 Å². The van der Waals surface area contributed by atoms with E-state index in [1.807, 2.05) is 29.2 Å². The lowest BCUT2D eigenvalue weighted by Gasteiger charge is -2.32. The van der Waals surface area contributed by atoms with E-state index in [1.165, 1.54) is 0 Å². The van der Waals surface area contributed by atoms with Gasteiger partial charge in [-0.2, -0.15) is 0 Å². The van der Waals surface area contributed by atoms with Gasteiger partial charge in [0.1, 0.15) is 16.8 Å². The molecule has 0 bridgehead atoms. The van der Waals surface area contributed by atoms with Gasteiger partial charge in [0, 0.05) is 43.5 Å². The third-order valence-electron chi connectivity index (χ3n) is 4.00. The van der Waals surface area contributed by atoms with E-state index in [0.29, 0.717) is 22.4 Å². The van der Waals surface area contributed by atoms with Gasteiger partial charge in [0.05, 0.1) is 0 Å². The molecule has 1 fully saturated rings. The van der Waals surface area contributed by atoms with E-state index in [0.717, 1.165) is 31.9 Å². The van der Waals surface area contributed by atoms with Crippen molar-refractivity contribution in [3.8, 4) is 0 Å². The second kappa shape index (κ2) is 7.15. The number of hydrogen-bond acceptors (Lipinski definition) is 5. The average Bonchev–Trinajstić information content (AvgIpc) is 2.55. The summed E-state index contributed by atoms with van der Waals surface area (Å²) in [6.45, 7) is 5.16. The molecule has 0 unspecified atom stereocenters. The molecule has 0 aliphatic carbocycles. The van der Waals surface area contributed by atoms with Crippen molar-refractivity contribution < 1.29 is 4.79 Å². The van der Waals surface area contributed by atoms with Crippen LogP contribution >= 0.6 is 11.6 Å². The summed E-state index contributed by atoms with van der Waals surface area (Å²) in [6.07, 6.45) is 0. The number of benzene rings is 1. The highest BCUT2D eigenvalue weighted by Gasteiger charge is 2.20. The number of aromatic nitrogens is 2. The highest BCUT2D eigenvalue weighted by Crippen LogP contribution is 2.19. The molecule has 1 saturated heterocycles. The summed E-state index contributed by atoms with van der Waals surface area (Å²) in [6, 6.07) is 9.07. The van der Waals surface area contributed by atoms with E-state index in [1.54, 1.807) is 13.0 Å². The molecule has 0 spiro atoms. The molecule has 1 amide bonds. The number of nitrogens with zero attached hydrogens (tertiary/aromatic N) is 4. The molecule has 2 aromatic rings. The lowest BCUT2D eigenvalue weighted by molar-refractivity contribution is 0.0664. The Labute approximate surface area is 146 Å². The normalized spacial score (nSPS) is 15.4. The summed E-state index contributed by atoms with van der Waals surface area (Å²) < 4.78 is 0. The first-order chi connectivity index (χ1) is 11.5. The number of carbonyl (C=O) groups is 1. The number of piperazine rings is 1. The van der Waals surface area contributed by atoms with Gasteiger partial charge in [-0.1, -0.05) is 11.6 Å². The van der Waals surface area contributed by atoms with Crippen molar-refractivity contribution in [2.24, 2.45) is 0 Å². The zero-order valence-corrected chi connectivity index (χ0v) is 14.5. The van der Waals surface area contributed by atoms with Crippen LogP contribution in [0.15, 0.2) is 30.3 Å². The number of halogens is 1. The van der Waals surface area contributed by atoms with Crippen LogP contribution in [-0.4, -0.2) is 58.9 Å². The first-order valence-electron chi connectivity index (χ1n) is 7.87. The Balaban J connectivity index is 1.67. The summed E-state index contributed by atoms with van der Waals surface area (Å²) in [5, 5.41) is 3.57. The van der Waals surface area contributed by atoms with Crippen LogP contribution < -0.4 is 5.32 Å². The van der Waals surface area contributed by atoms with Crippen molar-refractivity contribution in [3.63, 3.8) is 0 Å². The zero-order chi connectivity index (χ0) is 17.1. The van der Waals surface area contributed by atoms with Gasteiger partial charge in [0.25, 0.3) is 5.91 Å². The molecule has 7 heteroatoms. The molecule has 2 heterocycles. The number of rotatable bonds is 3. The molecule has 1 aliphatic rings. The Morgan fingerprint density at radius 3 is 2.42 bits per heavy atom. The molecule has 0 atom stereocenters. The molecule has 24 heavy (non-hydrogen) atoms. The van der Waals surface area contributed by atoms with E-state index in [2.05, 4.69) is 27.2 Å². The van der Waals surface area contributed by atoms with Crippen LogP contribution in [0, 0.1) is 6.92 Å². The predicted molar refractivity (Wildman–Crippen MR) is 94.9 cm³/mol. The van der Waals surface area contributed by atoms with Crippen molar-refractivity contribution in [2.45, 2.75) is 6.92 Å². The van der Waals surface area contributed by atoms with Gasteiger partial charge in [-0.05, 0) is 38.2 Å². The molecule has 0 saturated carbocycles. The minimum Gasteiger partial charge on any atom is -0.340 e. The van der Waals surface area contributed by atoms with Crippen LogP contribution in [0.3, 0.4) is 0 Å². The fourth-order valence-electron chi connectivity index (χ4n) is 2.63. The standard InChI is InChI=1S/C17H20ClN5O/c1-12-19-15(18)11-16(20-12)21-14-5-3-13(4-6-14)17(24)23-9-7-22(2)8-10-23/h3-6,11H,7-10H2,1-2H3,(H,19,20,21). The highest BCUT2D eigenvalue weighted by atomic mass is 35.5. The third kappa shape index (κ3) is 4.01. The maximum Gasteiger partial charge on any atom is 0.253 e. The van der Waals surface area contributed by atoms with Crippen molar-refractivity contribution in [2.75, 3.05) is 38.5 Å². The lowest BCUT2D eigenvalue weighted by Crippen LogP contribution is -2.47. The smallest absolute Gasteiger partial charge is 0.253 e. The van der Waals surface area contributed by atoms with Crippen LogP contribution in [-0.2, 0) is 0 Å². The van der Waals surface area contributed by atoms with Crippen LogP contribution in [0.1, 0.15) is 16.2 Å². The molecule has 1 aromatic heterocycles. The quantitative estimate of drug-likeness (QED) is 0.866. The summed E-state index contributed by atoms with van der Waals surface area (Å²) in [4.78, 5) is 25.0. The van der Waals surface area contributed by atoms with Gasteiger partial charge in [0.15, 0.2) is 0 Å². The van der Waals surface area contributed by atoms with Gasteiger partial charge in [-0.3, -0.25) is 4.79 Å². The molecule has 1 aliphatic heterocycles. The highest BCUT2D eigenvalue weighted by molar-refractivity contribution is 6.29. The zero-order valence-electron chi connectivity index (χ0n) is 13.8. The number of hydrogen-bond donors (Lipinski definition) is 1. The largest absolute Gasteiger partial charge is 0.340 e. The second-order valence-electron chi connectivity index (χ2n) is 5.92. The molecule has 3 rings (SSSR count). The molecule has 1 aromatic carbocycles. The van der Waals surface area contributed by atoms with Crippen molar-refractivity contribution in [3.05, 3.63) is 46.9 Å². The second-order valence-corrected chi connectivity index (χ2v) is 6.31. The SMILES string of the molecule is Cc1nc(Cl)cc(Nc2ccc(C(=O)N3CCN(C)CC3)cc2)n1. The molecule has 126 valence electrons. The summed E-state index contributed by atoms with van der Waals surface area (Å²) in [5.41, 5.74) is 1.54. The number of aryl methyl sites for hydroxylation is 1. The molecule has 1 N–H and O–H groups in total. The van der Waals surface area contributed by atoms with Crippen LogP contribution in [0.5, 0.6) is 0 Å². The Hall–Kier alpha value is -2.18. The summed E-state index contributed by atoms with van der Waals surface area (Å²) in [5.74, 6) is 1.31. The number of anilines is 2. The van der Waals surface area contributed by atoms with E-state index >= 15 is 0 Å². The minimum atomic E-state index is 0.0792. The monoisotopic (exact) mass is 345 g/mol. The van der Waals surface area contributed by atoms with E-state index in [4.69, 9.17) is 11.6 Å². The van der Waals surface area contributed by atoms with E-state index in [-0.39, 0.29) is 5.91 Å². The Morgan fingerprint density at radius 2 is 1.79 bits per heavy atom. The summed E-state index contributed by atoms with van der Waals surface area (Å²) >= 11 is 5.93. The Kier molecular flexibility index (Phi) is 4.97. The van der Waals surface area contributed by atoms with Crippen molar-refractivity contribution in [1.29, 1.82) is 0 Å². The first kappa shape index (κ1) is 16.7. The molecular weight excluding hydrogens is 326 g/mol. The van der Waals surface area contributed by atoms with Crippen LogP contribution in [0.2, 0.25) is 5.15 Å². The van der Waals surface area contributed by atoms with E-state index in [9.17, 15) is 4.79 Å². The minimum absolute atomic E-state index is 0.0792. The van der Waals surface area contributed by atoms with Crippen LogP contribution in [0.25, 0.3) is 0 Å². The van der Waals surface area contributed by atoms with Crippen molar-refractivity contribution >= 4 is 29.0 Å². The average molecular weight is 346 g/mol. The number of nitrogens with one attached hydrogen (secondary N) is 1. The Bertz CT molecular complexity index is 706. The third-order valence-corrected chi connectivity index (χ3v) is 4.20. The molecule has 6 nitrogen and oxygen atoms in total. The maximum absolute atomic E-state index is 12.5. The van der Waals surface area contributed by atoms with Crippen molar-refractivity contribution in [1.82, 2.24) is 19.8 Å². The fraction of sp³-hybridized carbons (Fsp3) is 0.353. The van der Waals surface area contributed by atoms with E-state index < -0.39 is 0 Å². The van der Waals surface area contributed by atoms with Gasteiger partial charge in [-0.15, -0.1) is 0 Å². The summed E-state index contributed by atoms with van der Waals surface area (Å²) in [7, 11) is 2.07. The maximum atomic E-state index is 12.5. The number of carbonyl (C=O) groups excluding carboxylic acids is 1. The number of amides is 1. The molecular formula is C17H20ClN5O. The first-order valence-corrected chi connectivity index (χ1v) is 8.25. The van der Waals surface area contributed by atoms with Gasteiger partial charge >= 0.3 is 0 Å². The lowest BCUT2D eigenvalue weighted by atomic mass is 10.1. The molecule has 0 radical (unpaired) electrons. The predicted octanol–water partition coefficient (Wildman–Crippen LogP) is 2.57. The fourth-order valence-corrected chi connectivity index (χ4v) is 2.86. The van der Waals surface area contributed by atoms with Gasteiger partial charge in [-0.25, -0.2) is 9.97 Å². The number of likely N-dealkylation sites (N-methyl/N-ethyl adjacent to an activating group) is 1. The Morgan fingerprint density at radius 1 is 1.12 bits per heavy atom. The van der Waals surface area contributed by atoms with Crippen LogP contribution in [0.4, 0.5) is 11.5 Å². The van der Waals surface area contributed by atoms with Gasteiger partial charge in [0.2, 0.25) is 0 Å².